The Labute approximate surface area is 287 Å². The van der Waals surface area contributed by atoms with Crippen molar-refractivity contribution in [1.29, 1.82) is 0 Å². The number of rotatable bonds is 14. The van der Waals surface area contributed by atoms with E-state index in [1.807, 2.05) is 36.4 Å². The number of carbonyl (C=O) groups excluding carboxylic acids is 1. The summed E-state index contributed by atoms with van der Waals surface area (Å²) in [4.78, 5) is 20.4. The summed E-state index contributed by atoms with van der Waals surface area (Å²) in [5.41, 5.74) is 0.842. The molecule has 1 fully saturated rings. The van der Waals surface area contributed by atoms with Crippen LogP contribution >= 0.6 is 0 Å². The van der Waals surface area contributed by atoms with Crippen LogP contribution in [-0.4, -0.2) is 130 Å². The molecule has 0 amide bonds. The van der Waals surface area contributed by atoms with E-state index < -0.39 is 68.4 Å². The third-order valence-corrected chi connectivity index (χ3v) is 8.24. The molecule has 7 N–H and O–H groups in total. The lowest BCUT2D eigenvalue weighted by Crippen LogP contribution is -2.61. The fourth-order valence-electron chi connectivity index (χ4n) is 5.73. The van der Waals surface area contributed by atoms with Gasteiger partial charge in [-0.25, -0.2) is 0 Å². The Kier molecular flexibility index (Phi) is 12.5. The summed E-state index contributed by atoms with van der Waals surface area (Å²) >= 11 is 0. The summed E-state index contributed by atoms with van der Waals surface area (Å²) < 4.78 is 22.4. The highest BCUT2D eigenvalue weighted by Gasteiger charge is 2.48. The third-order valence-electron chi connectivity index (χ3n) is 8.24. The second kappa shape index (κ2) is 16.9. The maximum Gasteiger partial charge on any atom is 0.303 e. The molecule has 8 atom stereocenters. The normalized spacial score (nSPS) is 23.0. The van der Waals surface area contributed by atoms with E-state index in [9.17, 15) is 40.5 Å². The minimum absolute atomic E-state index is 0.0101. The van der Waals surface area contributed by atoms with Crippen LogP contribution in [-0.2, 0) is 23.7 Å². The lowest BCUT2D eigenvalue weighted by molar-refractivity contribution is -0.322. The van der Waals surface area contributed by atoms with Crippen molar-refractivity contribution in [3.63, 3.8) is 0 Å². The highest BCUT2D eigenvalue weighted by Crippen LogP contribution is 2.29. The first-order chi connectivity index (χ1) is 24.1. The standard InChI is InChI=1S/C36H40N2O12/c1-20(41)47-35-33(45)31(19-40)50-36(34(35)46)49-29(16-37-14-25-23-8-4-2-6-21(23)10-12-27(25)42)30(18-39)48-32(44)17-38-15-26-24-9-5-3-7-22(24)11-13-28(26)43/h2-15,29-36,39-40,42-46H,16-19H2,1H3/t29-,30+,31+,32+,33+,34+,35-,36+/m1/s1. The molecule has 0 unspecified atom stereocenters. The van der Waals surface area contributed by atoms with Crippen molar-refractivity contribution in [2.45, 2.75) is 56.1 Å². The quantitative estimate of drug-likeness (QED) is 0.0567. The van der Waals surface area contributed by atoms with Crippen LogP contribution in [0.5, 0.6) is 11.5 Å². The maximum atomic E-state index is 11.7. The minimum Gasteiger partial charge on any atom is -0.507 e. The van der Waals surface area contributed by atoms with Crippen LogP contribution in [0.3, 0.4) is 0 Å². The minimum atomic E-state index is -1.74. The molecule has 0 aromatic heterocycles. The van der Waals surface area contributed by atoms with Crippen molar-refractivity contribution in [2.75, 3.05) is 26.3 Å². The van der Waals surface area contributed by atoms with E-state index in [2.05, 4.69) is 9.98 Å². The van der Waals surface area contributed by atoms with Crippen molar-refractivity contribution in [2.24, 2.45) is 9.98 Å². The van der Waals surface area contributed by atoms with Crippen LogP contribution in [0.1, 0.15) is 18.1 Å². The summed E-state index contributed by atoms with van der Waals surface area (Å²) in [5, 5.41) is 76.7. The highest BCUT2D eigenvalue weighted by molar-refractivity contribution is 6.03. The predicted molar refractivity (Wildman–Crippen MR) is 182 cm³/mol. The molecular weight excluding hydrogens is 652 g/mol. The number of phenols is 2. The lowest BCUT2D eigenvalue weighted by Gasteiger charge is -2.42. The number of phenolic OH excluding ortho intramolecular Hbond substituents is 2. The molecule has 5 rings (SSSR count). The number of benzene rings is 4. The zero-order valence-corrected chi connectivity index (χ0v) is 27.1. The second-order valence-electron chi connectivity index (χ2n) is 11.7. The van der Waals surface area contributed by atoms with Gasteiger partial charge in [0, 0.05) is 30.5 Å². The second-order valence-corrected chi connectivity index (χ2v) is 11.7. The largest absolute Gasteiger partial charge is 0.507 e. The molecule has 0 aliphatic carbocycles. The summed E-state index contributed by atoms with van der Waals surface area (Å²) in [5.74, 6) is -0.858. The van der Waals surface area contributed by atoms with Crippen molar-refractivity contribution >= 4 is 39.9 Å². The van der Waals surface area contributed by atoms with E-state index in [0.717, 1.165) is 23.1 Å². The van der Waals surface area contributed by atoms with Crippen LogP contribution in [0.2, 0.25) is 0 Å². The first kappa shape index (κ1) is 36.8. The van der Waals surface area contributed by atoms with Crippen molar-refractivity contribution < 1.29 is 59.5 Å². The average molecular weight is 693 g/mol. The number of aromatic hydroxyl groups is 2. The van der Waals surface area contributed by atoms with Gasteiger partial charge in [0.1, 0.15) is 42.0 Å². The predicted octanol–water partition coefficient (Wildman–Crippen LogP) is 1.39. The summed E-state index contributed by atoms with van der Waals surface area (Å²) in [7, 11) is 0. The molecular formula is C36H40N2O12. The SMILES string of the molecule is CC(=O)O[C@H]1[C@H](O)[C@@H](O[C@H](CN=Cc2c(O)ccc3ccccc23)[C@H](CO)O[C@H](O)CN=Cc2c(O)ccc3ccccc23)O[C@@H](CO)[C@@H]1O. The topological polar surface area (TPSA) is 220 Å². The number of hydrogen-bond donors (Lipinski definition) is 7. The number of hydrogen-bond acceptors (Lipinski definition) is 14. The number of ether oxygens (including phenoxy) is 4. The van der Waals surface area contributed by atoms with Gasteiger partial charge in [-0.1, -0.05) is 60.7 Å². The Morgan fingerprint density at radius 2 is 1.38 bits per heavy atom. The number of aliphatic hydroxyl groups is 5. The number of fused-ring (bicyclic) bond motifs is 2. The zero-order valence-electron chi connectivity index (χ0n) is 27.1. The van der Waals surface area contributed by atoms with Gasteiger partial charge in [0.05, 0.1) is 26.3 Å². The molecule has 266 valence electrons. The Morgan fingerprint density at radius 3 is 1.92 bits per heavy atom. The Morgan fingerprint density at radius 1 is 0.820 bits per heavy atom. The number of aliphatic hydroxyl groups excluding tert-OH is 5. The highest BCUT2D eigenvalue weighted by atomic mass is 16.7. The first-order valence-electron chi connectivity index (χ1n) is 15.9. The number of aliphatic imine (C=N–C) groups is 2. The summed E-state index contributed by atoms with van der Waals surface area (Å²) in [6.07, 6.45) is -9.16. The molecule has 1 heterocycles. The van der Waals surface area contributed by atoms with Gasteiger partial charge < -0.3 is 54.7 Å². The monoisotopic (exact) mass is 692 g/mol. The van der Waals surface area contributed by atoms with Crippen molar-refractivity contribution in [3.05, 3.63) is 83.9 Å². The van der Waals surface area contributed by atoms with Crippen LogP contribution in [0.15, 0.2) is 82.8 Å². The molecule has 14 heteroatoms. The average Bonchev–Trinajstić information content (AvgIpc) is 3.11. The van der Waals surface area contributed by atoms with E-state index in [-0.39, 0.29) is 24.6 Å². The molecule has 0 saturated carbocycles. The number of carbonyl (C=O) groups is 1. The van der Waals surface area contributed by atoms with Crippen LogP contribution in [0.25, 0.3) is 21.5 Å². The van der Waals surface area contributed by atoms with Gasteiger partial charge in [0.15, 0.2) is 18.7 Å². The molecule has 0 spiro atoms. The van der Waals surface area contributed by atoms with E-state index in [1.54, 1.807) is 24.3 Å². The number of nitrogens with zero attached hydrogens (tertiary/aromatic N) is 2. The smallest absolute Gasteiger partial charge is 0.303 e. The van der Waals surface area contributed by atoms with E-state index in [1.165, 1.54) is 24.6 Å². The zero-order chi connectivity index (χ0) is 35.8. The van der Waals surface area contributed by atoms with E-state index in [4.69, 9.17) is 18.9 Å². The molecule has 1 aliphatic heterocycles. The molecule has 0 radical (unpaired) electrons. The fraction of sp³-hybridized carbons (Fsp3) is 0.361. The summed E-state index contributed by atoms with van der Waals surface area (Å²) in [6.45, 7) is -0.926. The maximum absolute atomic E-state index is 11.7. The molecule has 0 bridgehead atoms. The van der Waals surface area contributed by atoms with Gasteiger partial charge in [0.25, 0.3) is 0 Å². The summed E-state index contributed by atoms with van der Waals surface area (Å²) in [6, 6.07) is 21.3. The lowest BCUT2D eigenvalue weighted by atomic mass is 9.99. The van der Waals surface area contributed by atoms with Crippen molar-refractivity contribution in [1.82, 2.24) is 0 Å². The Hall–Kier alpha value is -4.51. The van der Waals surface area contributed by atoms with Gasteiger partial charge >= 0.3 is 5.97 Å². The Bertz CT molecular complexity index is 1820. The van der Waals surface area contributed by atoms with Gasteiger partial charge in [-0.15, -0.1) is 0 Å². The van der Waals surface area contributed by atoms with Gasteiger partial charge in [0.2, 0.25) is 0 Å². The van der Waals surface area contributed by atoms with Gasteiger partial charge in [-0.2, -0.15) is 0 Å². The third kappa shape index (κ3) is 8.61. The molecule has 4 aromatic rings. The molecule has 50 heavy (non-hydrogen) atoms. The van der Waals surface area contributed by atoms with Crippen LogP contribution < -0.4 is 0 Å². The van der Waals surface area contributed by atoms with E-state index in [0.29, 0.717) is 16.5 Å². The molecule has 4 aromatic carbocycles. The molecule has 1 aliphatic rings. The molecule has 1 saturated heterocycles. The van der Waals surface area contributed by atoms with Gasteiger partial charge in [-0.05, 0) is 33.7 Å². The Balaban J connectivity index is 1.37. The van der Waals surface area contributed by atoms with Gasteiger partial charge in [-0.3, -0.25) is 14.8 Å². The molecule has 14 nitrogen and oxygen atoms in total. The van der Waals surface area contributed by atoms with Crippen LogP contribution in [0.4, 0.5) is 0 Å². The first-order valence-corrected chi connectivity index (χ1v) is 15.9. The van der Waals surface area contributed by atoms with E-state index >= 15 is 0 Å². The fourth-order valence-corrected chi connectivity index (χ4v) is 5.73. The van der Waals surface area contributed by atoms with Crippen LogP contribution in [0, 0.1) is 0 Å². The number of esters is 1. The van der Waals surface area contributed by atoms with Crippen molar-refractivity contribution in [3.8, 4) is 11.5 Å².